The molecule has 1 nitrogen and oxygen atoms in total. The third-order valence-electron chi connectivity index (χ3n) is 5.53. The van der Waals surface area contributed by atoms with Crippen LogP contribution in [0.25, 0.3) is 0 Å². The van der Waals surface area contributed by atoms with Gasteiger partial charge in [0.05, 0.1) is 0 Å². The van der Waals surface area contributed by atoms with E-state index in [0.29, 0.717) is 5.41 Å². The molecule has 0 spiro atoms. The van der Waals surface area contributed by atoms with Crippen LogP contribution in [0.5, 0.6) is 0 Å². The van der Waals surface area contributed by atoms with E-state index in [-0.39, 0.29) is 0 Å². The molecule has 0 bridgehead atoms. The van der Waals surface area contributed by atoms with Crippen LogP contribution in [0, 0.1) is 17.3 Å². The second-order valence-corrected chi connectivity index (χ2v) is 6.95. The van der Waals surface area contributed by atoms with Gasteiger partial charge in [0.25, 0.3) is 0 Å². The Morgan fingerprint density at radius 2 is 1.78 bits per heavy atom. The lowest BCUT2D eigenvalue weighted by Crippen LogP contribution is -2.32. The molecule has 1 aliphatic rings. The van der Waals surface area contributed by atoms with Gasteiger partial charge < -0.3 is 5.73 Å². The fourth-order valence-electron chi connectivity index (χ4n) is 3.73. The summed E-state index contributed by atoms with van der Waals surface area (Å²) < 4.78 is 0. The molecule has 0 radical (unpaired) electrons. The van der Waals surface area contributed by atoms with E-state index in [2.05, 4.69) is 20.8 Å². The maximum absolute atomic E-state index is 5.56. The van der Waals surface area contributed by atoms with Crippen LogP contribution in [0.1, 0.15) is 85.0 Å². The van der Waals surface area contributed by atoms with E-state index in [0.717, 1.165) is 18.4 Å². The Kier molecular flexibility index (Phi) is 7.29. The molecule has 1 fully saturated rings. The standard InChI is InChI=1S/C17H35N/c1-15(2)17(3)13-9-6-8-12-16(17)11-7-4-5-10-14-18/h15-16H,4-14,18H2,1-3H3/t16?,17-/m0/s1. The first kappa shape index (κ1) is 16.0. The highest BCUT2D eigenvalue weighted by Crippen LogP contribution is 2.47. The summed E-state index contributed by atoms with van der Waals surface area (Å²) in [5.41, 5.74) is 6.16. The molecule has 0 aromatic carbocycles. The lowest BCUT2D eigenvalue weighted by atomic mass is 9.65. The van der Waals surface area contributed by atoms with Crippen LogP contribution >= 0.6 is 0 Å². The van der Waals surface area contributed by atoms with E-state index in [9.17, 15) is 0 Å². The van der Waals surface area contributed by atoms with Gasteiger partial charge in [-0.3, -0.25) is 0 Å². The summed E-state index contributed by atoms with van der Waals surface area (Å²) in [6.45, 7) is 8.31. The van der Waals surface area contributed by atoms with Gasteiger partial charge >= 0.3 is 0 Å². The van der Waals surface area contributed by atoms with E-state index in [1.165, 1.54) is 64.2 Å². The lowest BCUT2D eigenvalue weighted by molar-refractivity contribution is 0.0925. The van der Waals surface area contributed by atoms with Crippen molar-refractivity contribution in [3.8, 4) is 0 Å². The Labute approximate surface area is 115 Å². The number of unbranched alkanes of at least 4 members (excludes halogenated alkanes) is 3. The van der Waals surface area contributed by atoms with Crippen molar-refractivity contribution in [3.05, 3.63) is 0 Å². The zero-order chi connectivity index (χ0) is 13.4. The summed E-state index contributed by atoms with van der Waals surface area (Å²) in [7, 11) is 0. The molecular weight excluding hydrogens is 218 g/mol. The minimum atomic E-state index is 0.602. The molecule has 2 N–H and O–H groups in total. The molecule has 1 saturated carbocycles. The topological polar surface area (TPSA) is 26.0 Å². The zero-order valence-electron chi connectivity index (χ0n) is 13.0. The predicted molar refractivity (Wildman–Crippen MR) is 81.7 cm³/mol. The highest BCUT2D eigenvalue weighted by atomic mass is 14.5. The minimum Gasteiger partial charge on any atom is -0.330 e. The highest BCUT2D eigenvalue weighted by Gasteiger charge is 2.37. The molecule has 0 heterocycles. The largest absolute Gasteiger partial charge is 0.330 e. The van der Waals surface area contributed by atoms with Gasteiger partial charge in [0, 0.05) is 0 Å². The Bertz CT molecular complexity index is 212. The first-order valence-electron chi connectivity index (χ1n) is 8.31. The third-order valence-corrected chi connectivity index (χ3v) is 5.53. The van der Waals surface area contributed by atoms with Gasteiger partial charge in [-0.05, 0) is 49.5 Å². The quantitative estimate of drug-likeness (QED) is 0.493. The number of rotatable bonds is 7. The normalized spacial score (nSPS) is 29.5. The van der Waals surface area contributed by atoms with Crippen LogP contribution in [0.3, 0.4) is 0 Å². The van der Waals surface area contributed by atoms with Crippen LogP contribution in [-0.2, 0) is 0 Å². The molecule has 1 rings (SSSR count). The molecule has 108 valence electrons. The molecule has 0 aromatic heterocycles. The smallest absolute Gasteiger partial charge is 0.00773 e. The van der Waals surface area contributed by atoms with E-state index >= 15 is 0 Å². The predicted octanol–water partition coefficient (Wildman–Crippen LogP) is 5.14. The summed E-state index contributed by atoms with van der Waals surface area (Å²) in [5.74, 6) is 1.81. The molecule has 1 aliphatic carbocycles. The van der Waals surface area contributed by atoms with Gasteiger partial charge in [-0.1, -0.05) is 59.3 Å². The van der Waals surface area contributed by atoms with Crippen molar-refractivity contribution in [2.24, 2.45) is 23.0 Å². The van der Waals surface area contributed by atoms with Crippen LogP contribution in [0.2, 0.25) is 0 Å². The fourth-order valence-corrected chi connectivity index (χ4v) is 3.73. The van der Waals surface area contributed by atoms with Gasteiger partial charge in [0.15, 0.2) is 0 Å². The van der Waals surface area contributed by atoms with Crippen LogP contribution in [0.15, 0.2) is 0 Å². The molecular formula is C17H35N. The molecule has 18 heavy (non-hydrogen) atoms. The SMILES string of the molecule is CC(C)[C@]1(C)CCCCCC1CCCCCCN. The first-order chi connectivity index (χ1) is 8.61. The van der Waals surface area contributed by atoms with Gasteiger partial charge in [0.2, 0.25) is 0 Å². The van der Waals surface area contributed by atoms with Crippen molar-refractivity contribution in [2.45, 2.75) is 85.0 Å². The Balaban J connectivity index is 2.42. The summed E-state index contributed by atoms with van der Waals surface area (Å²) in [5, 5.41) is 0. The molecule has 1 unspecified atom stereocenters. The minimum absolute atomic E-state index is 0.602. The van der Waals surface area contributed by atoms with Crippen molar-refractivity contribution in [3.63, 3.8) is 0 Å². The average Bonchev–Trinajstić information content (AvgIpc) is 2.53. The Morgan fingerprint density at radius 1 is 1.06 bits per heavy atom. The van der Waals surface area contributed by atoms with Gasteiger partial charge in [-0.25, -0.2) is 0 Å². The maximum Gasteiger partial charge on any atom is -0.00773 e. The maximum atomic E-state index is 5.56. The van der Waals surface area contributed by atoms with Crippen LogP contribution in [0.4, 0.5) is 0 Å². The van der Waals surface area contributed by atoms with E-state index < -0.39 is 0 Å². The first-order valence-corrected chi connectivity index (χ1v) is 8.31. The average molecular weight is 253 g/mol. The molecule has 0 aliphatic heterocycles. The molecule has 0 saturated heterocycles. The van der Waals surface area contributed by atoms with E-state index in [1.54, 1.807) is 0 Å². The summed E-state index contributed by atoms with van der Waals surface area (Å²) in [6, 6.07) is 0. The number of hydrogen-bond acceptors (Lipinski definition) is 1. The Morgan fingerprint density at radius 3 is 2.44 bits per heavy atom. The van der Waals surface area contributed by atoms with Crippen LogP contribution < -0.4 is 5.73 Å². The third kappa shape index (κ3) is 4.57. The number of nitrogens with two attached hydrogens (primary N) is 1. The lowest BCUT2D eigenvalue weighted by Gasteiger charge is -2.40. The van der Waals surface area contributed by atoms with Crippen molar-refractivity contribution < 1.29 is 0 Å². The fraction of sp³-hybridized carbons (Fsp3) is 1.00. The monoisotopic (exact) mass is 253 g/mol. The molecule has 2 atom stereocenters. The van der Waals surface area contributed by atoms with Gasteiger partial charge in [0.1, 0.15) is 0 Å². The van der Waals surface area contributed by atoms with Gasteiger partial charge in [-0.2, -0.15) is 0 Å². The van der Waals surface area contributed by atoms with Crippen molar-refractivity contribution >= 4 is 0 Å². The van der Waals surface area contributed by atoms with Crippen molar-refractivity contribution in [1.82, 2.24) is 0 Å². The van der Waals surface area contributed by atoms with Crippen molar-refractivity contribution in [2.75, 3.05) is 6.54 Å². The zero-order valence-corrected chi connectivity index (χ0v) is 13.0. The molecule has 0 amide bonds. The van der Waals surface area contributed by atoms with Crippen molar-refractivity contribution in [1.29, 1.82) is 0 Å². The summed E-state index contributed by atoms with van der Waals surface area (Å²) in [6.07, 6.45) is 14.1. The number of hydrogen-bond donors (Lipinski definition) is 1. The highest BCUT2D eigenvalue weighted by molar-refractivity contribution is 4.87. The summed E-state index contributed by atoms with van der Waals surface area (Å²) >= 11 is 0. The molecule has 0 aromatic rings. The van der Waals surface area contributed by atoms with Gasteiger partial charge in [-0.15, -0.1) is 0 Å². The molecule has 1 heteroatoms. The van der Waals surface area contributed by atoms with E-state index in [1.807, 2.05) is 0 Å². The van der Waals surface area contributed by atoms with Crippen LogP contribution in [-0.4, -0.2) is 6.54 Å². The van der Waals surface area contributed by atoms with E-state index in [4.69, 9.17) is 5.73 Å². The Hall–Kier alpha value is -0.0400. The second-order valence-electron chi connectivity index (χ2n) is 6.95. The summed E-state index contributed by atoms with van der Waals surface area (Å²) in [4.78, 5) is 0. The second kappa shape index (κ2) is 8.19.